The van der Waals surface area contributed by atoms with E-state index in [1.807, 2.05) is 24.3 Å². The molecule has 4 N–H and O–H groups in total. The number of hydrogen-bond donors (Lipinski definition) is 3. The van der Waals surface area contributed by atoms with Gasteiger partial charge in [-0.2, -0.15) is 5.10 Å². The first kappa shape index (κ1) is 25.9. The Morgan fingerprint density at radius 2 is 1.79 bits per heavy atom. The molecular formula is C23H29N3O6S. The lowest BCUT2D eigenvalue weighted by Gasteiger charge is -2.17. The minimum atomic E-state index is -3.80. The van der Waals surface area contributed by atoms with Crippen LogP contribution >= 0.6 is 0 Å². The number of carboxylic acid groups (broad SMARTS) is 1. The lowest BCUT2D eigenvalue weighted by Crippen LogP contribution is -2.41. The van der Waals surface area contributed by atoms with Gasteiger partial charge in [-0.05, 0) is 54.7 Å². The number of aliphatic carboxylic acids is 1. The van der Waals surface area contributed by atoms with Crippen LogP contribution in [0, 0.1) is 0 Å². The normalized spacial score (nSPS) is 12.4. The second-order valence-electron chi connectivity index (χ2n) is 7.55. The van der Waals surface area contributed by atoms with E-state index in [-0.39, 0.29) is 17.2 Å². The van der Waals surface area contributed by atoms with Gasteiger partial charge in [0.2, 0.25) is 5.91 Å². The molecule has 0 saturated heterocycles. The number of ether oxygens (including phenoxy) is 1. The maximum atomic E-state index is 12.7. The van der Waals surface area contributed by atoms with Crippen LogP contribution in [0.2, 0.25) is 0 Å². The maximum absolute atomic E-state index is 12.7. The predicted molar refractivity (Wildman–Crippen MR) is 125 cm³/mol. The van der Waals surface area contributed by atoms with Crippen LogP contribution in [0.25, 0.3) is 0 Å². The molecule has 2 rings (SSSR count). The maximum Gasteiger partial charge on any atom is 0.305 e. The fourth-order valence-electron chi connectivity index (χ4n) is 3.28. The second-order valence-corrected chi connectivity index (χ2v) is 9.58. The van der Waals surface area contributed by atoms with Crippen molar-refractivity contribution in [2.24, 2.45) is 10.9 Å². The molecule has 9 nitrogen and oxygen atoms in total. The number of methoxy groups -OCH3 is 1. The largest absolute Gasteiger partial charge is 0.497 e. The molecular weight excluding hydrogens is 446 g/mol. The molecule has 0 aliphatic carbocycles. The molecule has 1 amide bonds. The highest BCUT2D eigenvalue weighted by Gasteiger charge is 2.25. The summed E-state index contributed by atoms with van der Waals surface area (Å²) in [5.41, 5.74) is 2.01. The highest BCUT2D eigenvalue weighted by Crippen LogP contribution is 2.18. The van der Waals surface area contributed by atoms with Gasteiger partial charge in [-0.3, -0.25) is 9.59 Å². The number of nitrogens with zero attached hydrogens (tertiary/aromatic N) is 1. The molecule has 178 valence electrons. The van der Waals surface area contributed by atoms with E-state index in [9.17, 15) is 18.0 Å². The smallest absolute Gasteiger partial charge is 0.305 e. The van der Waals surface area contributed by atoms with Crippen molar-refractivity contribution < 1.29 is 27.9 Å². The topological polar surface area (TPSA) is 148 Å². The molecule has 2 aromatic rings. The Hall–Kier alpha value is -3.40. The van der Waals surface area contributed by atoms with Crippen LogP contribution < -0.4 is 15.9 Å². The predicted octanol–water partition coefficient (Wildman–Crippen LogP) is 2.13. The van der Waals surface area contributed by atoms with Crippen molar-refractivity contribution in [3.8, 4) is 5.75 Å². The number of unbranched alkanes of at least 4 members (excludes halogenated alkanes) is 1. The van der Waals surface area contributed by atoms with Crippen LogP contribution in [-0.4, -0.2) is 50.5 Å². The lowest BCUT2D eigenvalue weighted by atomic mass is 10.1. The molecule has 0 saturated carbocycles. The number of carbonyl (C=O) groups is 2. The monoisotopic (exact) mass is 475 g/mol. The van der Waals surface area contributed by atoms with Gasteiger partial charge >= 0.3 is 5.97 Å². The molecule has 1 unspecified atom stereocenters. The molecule has 0 bridgehead atoms. The zero-order valence-electron chi connectivity index (χ0n) is 18.4. The Morgan fingerprint density at radius 3 is 2.36 bits per heavy atom. The quantitative estimate of drug-likeness (QED) is 0.174. The van der Waals surface area contributed by atoms with Crippen molar-refractivity contribution in [3.05, 3.63) is 59.7 Å². The summed E-state index contributed by atoms with van der Waals surface area (Å²) in [7, 11) is -2.33. The van der Waals surface area contributed by atoms with E-state index in [1.165, 1.54) is 31.4 Å². The Labute approximate surface area is 193 Å². The Balaban J connectivity index is 1.87. The van der Waals surface area contributed by atoms with Gasteiger partial charge in [0.1, 0.15) is 5.75 Å². The highest BCUT2D eigenvalue weighted by atomic mass is 32.2. The number of amides is 1. The van der Waals surface area contributed by atoms with Crippen LogP contribution in [0.3, 0.4) is 0 Å². The van der Waals surface area contributed by atoms with Crippen molar-refractivity contribution in [2.75, 3.05) is 12.9 Å². The van der Waals surface area contributed by atoms with Gasteiger partial charge in [0.15, 0.2) is 9.84 Å². The van der Waals surface area contributed by atoms with Gasteiger partial charge in [0.05, 0.1) is 36.4 Å². The molecule has 0 fully saturated rings. The SMILES string of the molecule is COc1ccc(S(=O)(=O)CC(CC(=O)O)NC(=O)CCCCc2ccc(C=NN)cc2)cc1. The van der Waals surface area contributed by atoms with Crippen molar-refractivity contribution in [1.29, 1.82) is 0 Å². The molecule has 0 aliphatic rings. The zero-order chi connectivity index (χ0) is 24.3. The van der Waals surface area contributed by atoms with Crippen LogP contribution in [0.15, 0.2) is 58.5 Å². The summed E-state index contributed by atoms with van der Waals surface area (Å²) in [4.78, 5) is 23.6. The van der Waals surface area contributed by atoms with Crippen LogP contribution in [0.1, 0.15) is 36.8 Å². The van der Waals surface area contributed by atoms with E-state index in [4.69, 9.17) is 15.7 Å². The molecule has 10 heteroatoms. The van der Waals surface area contributed by atoms with Crippen LogP contribution in [-0.2, 0) is 25.8 Å². The van der Waals surface area contributed by atoms with Gasteiger partial charge in [-0.25, -0.2) is 8.42 Å². The Bertz CT molecular complexity index is 1050. The van der Waals surface area contributed by atoms with Gasteiger partial charge in [-0.1, -0.05) is 24.3 Å². The summed E-state index contributed by atoms with van der Waals surface area (Å²) < 4.78 is 30.4. The fourth-order valence-corrected chi connectivity index (χ4v) is 4.75. The first-order valence-corrected chi connectivity index (χ1v) is 12.1. The number of carbonyl (C=O) groups excluding carboxylic acids is 1. The number of aryl methyl sites for hydroxylation is 1. The molecule has 0 aliphatic heterocycles. The summed E-state index contributed by atoms with van der Waals surface area (Å²) in [6.07, 6.45) is 3.36. The summed E-state index contributed by atoms with van der Waals surface area (Å²) in [5, 5.41) is 15.2. The number of nitrogens with two attached hydrogens (primary N) is 1. The third-order valence-electron chi connectivity index (χ3n) is 4.95. The average Bonchev–Trinajstić information content (AvgIpc) is 2.77. The standard InChI is InChI=1S/C23H29N3O6S/c1-32-20-10-12-21(13-11-20)33(30,31)16-19(14-23(28)29)26-22(27)5-3-2-4-17-6-8-18(9-7-17)15-25-24/h6-13,15,19H,2-5,14,16,24H2,1H3,(H,26,27)(H,28,29). The number of carboxylic acids is 1. The number of benzene rings is 2. The molecule has 0 heterocycles. The van der Waals surface area contributed by atoms with Crippen LogP contribution in [0.4, 0.5) is 0 Å². The molecule has 33 heavy (non-hydrogen) atoms. The van der Waals surface area contributed by atoms with Gasteiger partial charge in [-0.15, -0.1) is 0 Å². The van der Waals surface area contributed by atoms with E-state index >= 15 is 0 Å². The van der Waals surface area contributed by atoms with E-state index < -0.39 is 34.0 Å². The highest BCUT2D eigenvalue weighted by molar-refractivity contribution is 7.91. The van der Waals surface area contributed by atoms with Crippen molar-refractivity contribution >= 4 is 27.9 Å². The van der Waals surface area contributed by atoms with E-state index in [2.05, 4.69) is 10.4 Å². The van der Waals surface area contributed by atoms with E-state index in [0.29, 0.717) is 12.2 Å². The molecule has 0 aromatic heterocycles. The Morgan fingerprint density at radius 1 is 1.12 bits per heavy atom. The molecule has 2 aromatic carbocycles. The lowest BCUT2D eigenvalue weighted by molar-refractivity contribution is -0.137. The number of rotatable bonds is 13. The van der Waals surface area contributed by atoms with Gasteiger partial charge in [0.25, 0.3) is 0 Å². The fraction of sp³-hybridized carbons (Fsp3) is 0.348. The number of hydrogen-bond acceptors (Lipinski definition) is 7. The number of nitrogens with one attached hydrogen (secondary N) is 1. The molecule has 0 radical (unpaired) electrons. The zero-order valence-corrected chi connectivity index (χ0v) is 19.3. The minimum Gasteiger partial charge on any atom is -0.497 e. The summed E-state index contributed by atoms with van der Waals surface area (Å²) in [6.45, 7) is 0. The molecule has 1 atom stereocenters. The first-order chi connectivity index (χ1) is 15.7. The van der Waals surface area contributed by atoms with Gasteiger partial charge < -0.3 is 21.0 Å². The minimum absolute atomic E-state index is 0.0386. The van der Waals surface area contributed by atoms with Crippen molar-refractivity contribution in [1.82, 2.24) is 5.32 Å². The summed E-state index contributed by atoms with van der Waals surface area (Å²) >= 11 is 0. The van der Waals surface area contributed by atoms with Crippen molar-refractivity contribution in [2.45, 2.75) is 43.0 Å². The summed E-state index contributed by atoms with van der Waals surface area (Å²) in [5.74, 6) is 3.56. The number of sulfone groups is 1. The third-order valence-corrected chi connectivity index (χ3v) is 6.78. The molecule has 0 spiro atoms. The van der Waals surface area contributed by atoms with Crippen molar-refractivity contribution in [3.63, 3.8) is 0 Å². The first-order valence-electron chi connectivity index (χ1n) is 10.4. The van der Waals surface area contributed by atoms with E-state index in [1.54, 1.807) is 6.21 Å². The number of hydrazone groups is 1. The third kappa shape index (κ3) is 8.93. The average molecular weight is 476 g/mol. The second kappa shape index (κ2) is 12.6. The summed E-state index contributed by atoms with van der Waals surface area (Å²) in [6, 6.07) is 12.5. The van der Waals surface area contributed by atoms with Crippen LogP contribution in [0.5, 0.6) is 5.75 Å². The van der Waals surface area contributed by atoms with Gasteiger partial charge in [0, 0.05) is 6.42 Å². The Kier molecular flexibility index (Phi) is 9.86. The van der Waals surface area contributed by atoms with E-state index in [0.717, 1.165) is 24.0 Å².